The Morgan fingerprint density at radius 3 is 2.64 bits per heavy atom. The summed E-state index contributed by atoms with van der Waals surface area (Å²) < 4.78 is 1.01. The molecular weight excluding hydrogens is 384 g/mol. The Kier molecular flexibility index (Phi) is 5.12. The molecule has 128 valence electrons. The largest absolute Gasteiger partial charge is 0.480 e. The topological polar surface area (TPSA) is 86.7 Å². The minimum Gasteiger partial charge on any atom is -0.480 e. The van der Waals surface area contributed by atoms with Crippen molar-refractivity contribution >= 4 is 58.7 Å². The van der Waals surface area contributed by atoms with Crippen LogP contribution in [0.1, 0.15) is 4.88 Å². The minimum absolute atomic E-state index is 0.0659. The number of carboxylic acid groups (broad SMARTS) is 1. The maximum absolute atomic E-state index is 12.1. The van der Waals surface area contributed by atoms with Crippen LogP contribution in [-0.4, -0.2) is 34.5 Å². The third-order valence-corrected chi connectivity index (χ3v) is 5.60. The van der Waals surface area contributed by atoms with Crippen molar-refractivity contribution in [3.05, 3.63) is 52.0 Å². The standard InChI is InChI=1S/C16H11ClN2O4S2/c17-9-1-3-10(4-2-9)24-14-6-5-11(25-14)7-12-15(22)19(8-13(20)21)16(23)18-12/h1-7H,8H2,(H,18,23)(H,20,21)/b12-7+. The smallest absolute Gasteiger partial charge is 0.329 e. The van der Waals surface area contributed by atoms with E-state index in [0.29, 0.717) is 9.92 Å². The Labute approximate surface area is 156 Å². The van der Waals surface area contributed by atoms with Gasteiger partial charge in [0.1, 0.15) is 12.2 Å². The van der Waals surface area contributed by atoms with Crippen molar-refractivity contribution in [1.29, 1.82) is 0 Å². The lowest BCUT2D eigenvalue weighted by molar-refractivity contribution is -0.140. The molecule has 1 saturated heterocycles. The molecule has 1 aliphatic heterocycles. The number of nitrogens with zero attached hydrogens (tertiary/aromatic N) is 1. The zero-order chi connectivity index (χ0) is 18.0. The van der Waals surface area contributed by atoms with Crippen LogP contribution in [0.5, 0.6) is 0 Å². The number of nitrogens with one attached hydrogen (secondary N) is 1. The highest BCUT2D eigenvalue weighted by atomic mass is 35.5. The van der Waals surface area contributed by atoms with Gasteiger partial charge in [-0.05, 0) is 42.5 Å². The van der Waals surface area contributed by atoms with E-state index in [1.165, 1.54) is 11.3 Å². The number of rotatable bonds is 5. The molecule has 0 spiro atoms. The van der Waals surface area contributed by atoms with Gasteiger partial charge in [0.05, 0.1) is 4.21 Å². The first-order valence-corrected chi connectivity index (χ1v) is 9.03. The van der Waals surface area contributed by atoms with E-state index < -0.39 is 24.5 Å². The van der Waals surface area contributed by atoms with Crippen molar-refractivity contribution < 1.29 is 19.5 Å². The molecule has 3 amide bonds. The minimum atomic E-state index is -1.25. The van der Waals surface area contributed by atoms with Crippen LogP contribution in [0.2, 0.25) is 5.02 Å². The number of amides is 3. The summed E-state index contributed by atoms with van der Waals surface area (Å²) in [5.74, 6) is -1.89. The number of hydrogen-bond acceptors (Lipinski definition) is 5. The molecular formula is C16H11ClN2O4S2. The summed E-state index contributed by atoms with van der Waals surface area (Å²) in [5, 5.41) is 11.8. The Hall–Kier alpha value is -2.29. The van der Waals surface area contributed by atoms with E-state index in [-0.39, 0.29) is 5.70 Å². The summed E-state index contributed by atoms with van der Waals surface area (Å²) >= 11 is 8.87. The molecule has 1 aromatic heterocycles. The number of aliphatic carboxylic acids is 1. The lowest BCUT2D eigenvalue weighted by atomic mass is 10.3. The zero-order valence-electron chi connectivity index (χ0n) is 12.6. The summed E-state index contributed by atoms with van der Waals surface area (Å²) in [4.78, 5) is 36.9. The first kappa shape index (κ1) is 17.5. The average molecular weight is 395 g/mol. The second kappa shape index (κ2) is 7.30. The van der Waals surface area contributed by atoms with E-state index in [2.05, 4.69) is 5.32 Å². The molecule has 1 aromatic carbocycles. The molecule has 0 radical (unpaired) electrons. The molecule has 0 unspecified atom stereocenters. The third kappa shape index (κ3) is 4.22. The van der Waals surface area contributed by atoms with Crippen molar-refractivity contribution in [1.82, 2.24) is 10.2 Å². The fourth-order valence-corrected chi connectivity index (χ4v) is 4.27. The lowest BCUT2D eigenvalue weighted by Crippen LogP contribution is -2.35. The van der Waals surface area contributed by atoms with E-state index >= 15 is 0 Å². The highest BCUT2D eigenvalue weighted by Crippen LogP contribution is 2.34. The maximum atomic E-state index is 12.1. The van der Waals surface area contributed by atoms with Gasteiger partial charge in [0.15, 0.2) is 0 Å². The number of urea groups is 1. The molecule has 2 aromatic rings. The van der Waals surface area contributed by atoms with Gasteiger partial charge in [-0.1, -0.05) is 23.4 Å². The monoisotopic (exact) mass is 394 g/mol. The van der Waals surface area contributed by atoms with Crippen molar-refractivity contribution in [2.45, 2.75) is 9.10 Å². The zero-order valence-corrected chi connectivity index (χ0v) is 15.0. The molecule has 1 aliphatic rings. The van der Waals surface area contributed by atoms with Gasteiger partial charge in [-0.15, -0.1) is 11.3 Å². The molecule has 2 heterocycles. The Morgan fingerprint density at radius 1 is 1.24 bits per heavy atom. The molecule has 3 rings (SSSR count). The van der Waals surface area contributed by atoms with Crippen LogP contribution in [0, 0.1) is 0 Å². The Bertz CT molecular complexity index is 877. The quantitative estimate of drug-likeness (QED) is 0.598. The predicted octanol–water partition coefficient (Wildman–Crippen LogP) is 3.53. The second-order valence-corrected chi connectivity index (χ2v) is 7.91. The van der Waals surface area contributed by atoms with E-state index in [1.54, 1.807) is 17.8 Å². The molecule has 6 nitrogen and oxygen atoms in total. The number of thiophene rings is 1. The molecule has 2 N–H and O–H groups in total. The number of carbonyl (C=O) groups excluding carboxylic acids is 2. The Morgan fingerprint density at radius 2 is 1.96 bits per heavy atom. The normalized spacial score (nSPS) is 15.7. The highest BCUT2D eigenvalue weighted by Gasteiger charge is 2.34. The maximum Gasteiger partial charge on any atom is 0.329 e. The van der Waals surface area contributed by atoms with Gasteiger partial charge < -0.3 is 10.4 Å². The van der Waals surface area contributed by atoms with Crippen LogP contribution in [0.3, 0.4) is 0 Å². The average Bonchev–Trinajstić information content (AvgIpc) is 3.09. The summed E-state index contributed by atoms with van der Waals surface area (Å²) in [6, 6.07) is 10.5. The van der Waals surface area contributed by atoms with Crippen LogP contribution in [0.15, 0.2) is 51.2 Å². The molecule has 0 aliphatic carbocycles. The van der Waals surface area contributed by atoms with Crippen LogP contribution < -0.4 is 5.32 Å². The Balaban J connectivity index is 1.73. The summed E-state index contributed by atoms with van der Waals surface area (Å²) in [6.45, 7) is -0.663. The summed E-state index contributed by atoms with van der Waals surface area (Å²) in [7, 11) is 0. The van der Waals surface area contributed by atoms with Crippen molar-refractivity contribution in [3.63, 3.8) is 0 Å². The lowest BCUT2D eigenvalue weighted by Gasteiger charge is -2.06. The van der Waals surface area contributed by atoms with Crippen molar-refractivity contribution in [2.24, 2.45) is 0 Å². The second-order valence-electron chi connectivity index (χ2n) is 4.99. The molecule has 1 fully saturated rings. The summed E-state index contributed by atoms with van der Waals surface area (Å²) in [5.41, 5.74) is 0.0659. The molecule has 0 atom stereocenters. The number of benzene rings is 1. The molecule has 0 saturated carbocycles. The molecule has 0 bridgehead atoms. The van der Waals surface area contributed by atoms with Crippen LogP contribution in [0.4, 0.5) is 4.79 Å². The van der Waals surface area contributed by atoms with Crippen molar-refractivity contribution in [3.8, 4) is 0 Å². The van der Waals surface area contributed by atoms with E-state index in [1.807, 2.05) is 36.4 Å². The van der Waals surface area contributed by atoms with Crippen molar-refractivity contribution in [2.75, 3.05) is 6.54 Å². The van der Waals surface area contributed by atoms with Gasteiger partial charge in [-0.3, -0.25) is 9.59 Å². The fraction of sp³-hybridized carbons (Fsp3) is 0.0625. The highest BCUT2D eigenvalue weighted by molar-refractivity contribution is 8.01. The predicted molar refractivity (Wildman–Crippen MR) is 95.8 cm³/mol. The number of imide groups is 1. The molecule has 25 heavy (non-hydrogen) atoms. The number of carboxylic acids is 1. The SMILES string of the molecule is O=C(O)CN1C(=O)N/C(=C/c2ccc(Sc3ccc(Cl)cc3)s2)C1=O. The van der Waals surface area contributed by atoms with Gasteiger partial charge >= 0.3 is 12.0 Å². The third-order valence-electron chi connectivity index (χ3n) is 3.18. The number of hydrogen-bond donors (Lipinski definition) is 2. The van der Waals surface area contributed by atoms with Crippen LogP contribution in [-0.2, 0) is 9.59 Å². The van der Waals surface area contributed by atoms with Gasteiger partial charge in [0.2, 0.25) is 0 Å². The van der Waals surface area contributed by atoms with Crippen LogP contribution >= 0.6 is 34.7 Å². The van der Waals surface area contributed by atoms with Gasteiger partial charge in [0, 0.05) is 14.8 Å². The van der Waals surface area contributed by atoms with Crippen LogP contribution in [0.25, 0.3) is 6.08 Å². The van der Waals surface area contributed by atoms with E-state index in [0.717, 1.165) is 14.0 Å². The number of halogens is 1. The molecule has 9 heteroatoms. The van der Waals surface area contributed by atoms with E-state index in [9.17, 15) is 14.4 Å². The van der Waals surface area contributed by atoms with Gasteiger partial charge in [-0.2, -0.15) is 0 Å². The van der Waals surface area contributed by atoms with E-state index in [4.69, 9.17) is 16.7 Å². The first-order valence-electron chi connectivity index (χ1n) is 7.02. The van der Waals surface area contributed by atoms with Gasteiger partial charge in [-0.25, -0.2) is 9.69 Å². The number of carbonyl (C=O) groups is 3. The fourth-order valence-electron chi connectivity index (χ4n) is 2.08. The first-order chi connectivity index (χ1) is 11.9. The van der Waals surface area contributed by atoms with Gasteiger partial charge in [0.25, 0.3) is 5.91 Å². The summed E-state index contributed by atoms with van der Waals surface area (Å²) in [6.07, 6.45) is 1.54.